The Morgan fingerprint density at radius 2 is 1.72 bits per heavy atom. The van der Waals surface area contributed by atoms with E-state index in [4.69, 9.17) is 9.72 Å². The zero-order chi connectivity index (χ0) is 20.2. The van der Waals surface area contributed by atoms with E-state index in [1.807, 2.05) is 36.4 Å². The molecule has 0 spiro atoms. The van der Waals surface area contributed by atoms with E-state index in [1.165, 1.54) is 5.56 Å². The molecular formula is C24H22N2O3. The first-order valence-electron chi connectivity index (χ1n) is 9.52. The molecule has 0 fully saturated rings. The van der Waals surface area contributed by atoms with Gasteiger partial charge >= 0.3 is 5.97 Å². The Bertz CT molecular complexity index is 1120. The smallest absolute Gasteiger partial charge is 0.307 e. The van der Waals surface area contributed by atoms with Gasteiger partial charge in [0.2, 0.25) is 0 Å². The lowest BCUT2D eigenvalue weighted by Gasteiger charge is -2.15. The van der Waals surface area contributed by atoms with Crippen LogP contribution in [0, 0.1) is 0 Å². The van der Waals surface area contributed by atoms with Gasteiger partial charge in [-0.15, -0.1) is 0 Å². The predicted molar refractivity (Wildman–Crippen MR) is 112 cm³/mol. The van der Waals surface area contributed by atoms with Crippen molar-refractivity contribution in [2.45, 2.75) is 18.8 Å². The molecule has 0 bridgehead atoms. The Morgan fingerprint density at radius 3 is 2.38 bits per heavy atom. The number of benzene rings is 3. The second-order valence-electron chi connectivity index (χ2n) is 7.00. The lowest BCUT2D eigenvalue weighted by molar-refractivity contribution is -0.136. The number of hydrogen-bond acceptors (Lipinski definition) is 3. The van der Waals surface area contributed by atoms with Gasteiger partial charge < -0.3 is 14.8 Å². The van der Waals surface area contributed by atoms with Crippen molar-refractivity contribution >= 4 is 17.0 Å². The van der Waals surface area contributed by atoms with Crippen molar-refractivity contribution in [2.75, 3.05) is 7.11 Å². The van der Waals surface area contributed by atoms with Gasteiger partial charge in [-0.05, 0) is 29.2 Å². The monoisotopic (exact) mass is 386 g/mol. The van der Waals surface area contributed by atoms with Crippen molar-refractivity contribution in [2.24, 2.45) is 0 Å². The van der Waals surface area contributed by atoms with Crippen molar-refractivity contribution in [3.05, 3.63) is 95.3 Å². The quantitative estimate of drug-likeness (QED) is 0.488. The summed E-state index contributed by atoms with van der Waals surface area (Å²) in [5, 5.41) is 9.27. The summed E-state index contributed by atoms with van der Waals surface area (Å²) in [7, 11) is 1.60. The third-order valence-corrected chi connectivity index (χ3v) is 5.08. The molecule has 1 unspecified atom stereocenters. The van der Waals surface area contributed by atoms with E-state index in [9.17, 15) is 9.90 Å². The number of imidazole rings is 1. The second kappa shape index (κ2) is 8.19. The molecule has 1 aromatic heterocycles. The number of H-pyrrole nitrogens is 1. The number of rotatable bonds is 7. The van der Waals surface area contributed by atoms with E-state index in [0.29, 0.717) is 16.8 Å². The van der Waals surface area contributed by atoms with Crippen LogP contribution >= 0.6 is 0 Å². The van der Waals surface area contributed by atoms with Gasteiger partial charge in [0.15, 0.2) is 0 Å². The van der Waals surface area contributed by atoms with Crippen LogP contribution in [0.4, 0.5) is 0 Å². The summed E-state index contributed by atoms with van der Waals surface area (Å²) in [5.74, 6) is 0.573. The van der Waals surface area contributed by atoms with Gasteiger partial charge in [-0.2, -0.15) is 0 Å². The third kappa shape index (κ3) is 3.99. The highest BCUT2D eigenvalue weighted by Gasteiger charge is 2.21. The highest BCUT2D eigenvalue weighted by atomic mass is 16.5. The van der Waals surface area contributed by atoms with E-state index < -0.39 is 5.97 Å². The molecule has 29 heavy (non-hydrogen) atoms. The highest BCUT2D eigenvalue weighted by Crippen LogP contribution is 2.33. The fourth-order valence-corrected chi connectivity index (χ4v) is 3.69. The Kier molecular flexibility index (Phi) is 5.29. The normalized spacial score (nSPS) is 12.0. The Morgan fingerprint density at radius 1 is 1.03 bits per heavy atom. The standard InChI is InChI=1S/C24H22N2O3/c1-29-20-13-12-18(15-21(27)28)22-23(20)26-24(25-22)19(17-10-6-3-7-11-17)14-16-8-4-2-5-9-16/h2-13,19H,14-15H2,1H3,(H,25,26)(H,27,28). The number of carboxylic acids is 1. The van der Waals surface area contributed by atoms with Gasteiger partial charge in [0.25, 0.3) is 0 Å². The fraction of sp³-hybridized carbons (Fsp3) is 0.167. The number of aromatic amines is 1. The summed E-state index contributed by atoms with van der Waals surface area (Å²) < 4.78 is 5.49. The molecule has 3 aromatic carbocycles. The summed E-state index contributed by atoms with van der Waals surface area (Å²) in [6, 6.07) is 24.1. The number of carboxylic acid groups (broad SMARTS) is 1. The number of methoxy groups -OCH3 is 1. The van der Waals surface area contributed by atoms with Crippen LogP contribution in [-0.4, -0.2) is 28.2 Å². The molecule has 0 aliphatic carbocycles. The lowest BCUT2D eigenvalue weighted by Crippen LogP contribution is -2.07. The van der Waals surface area contributed by atoms with E-state index >= 15 is 0 Å². The number of aromatic nitrogens is 2. The number of ether oxygens (including phenoxy) is 1. The summed E-state index contributed by atoms with van der Waals surface area (Å²) in [6.07, 6.45) is 0.695. The molecule has 0 aliphatic heterocycles. The second-order valence-corrected chi connectivity index (χ2v) is 7.00. The van der Waals surface area contributed by atoms with Gasteiger partial charge in [-0.25, -0.2) is 4.98 Å². The third-order valence-electron chi connectivity index (χ3n) is 5.08. The van der Waals surface area contributed by atoms with E-state index in [1.54, 1.807) is 19.2 Å². The molecule has 0 saturated heterocycles. The molecule has 4 aromatic rings. The van der Waals surface area contributed by atoms with Crippen LogP contribution < -0.4 is 4.74 Å². The molecule has 2 N–H and O–H groups in total. The average Bonchev–Trinajstić information content (AvgIpc) is 3.19. The largest absolute Gasteiger partial charge is 0.494 e. The van der Waals surface area contributed by atoms with E-state index in [0.717, 1.165) is 23.3 Å². The Labute approximate surface area is 169 Å². The van der Waals surface area contributed by atoms with Crippen LogP contribution in [0.25, 0.3) is 11.0 Å². The SMILES string of the molecule is COc1ccc(CC(=O)O)c2nc(C(Cc3ccccc3)c3ccccc3)[nH]c12. The van der Waals surface area contributed by atoms with Crippen molar-refractivity contribution in [3.8, 4) is 5.75 Å². The molecule has 1 heterocycles. The van der Waals surface area contributed by atoms with Gasteiger partial charge in [0.05, 0.1) is 19.0 Å². The number of carbonyl (C=O) groups is 1. The highest BCUT2D eigenvalue weighted by molar-refractivity contribution is 5.88. The molecular weight excluding hydrogens is 364 g/mol. The first-order chi connectivity index (χ1) is 14.2. The molecule has 5 nitrogen and oxygen atoms in total. The molecule has 0 radical (unpaired) electrons. The van der Waals surface area contributed by atoms with Gasteiger partial charge in [0, 0.05) is 5.92 Å². The number of hydrogen-bond donors (Lipinski definition) is 2. The first kappa shape index (κ1) is 18.7. The molecule has 0 saturated carbocycles. The number of fused-ring (bicyclic) bond motifs is 1. The molecule has 0 amide bonds. The van der Waals surface area contributed by atoms with Crippen LogP contribution in [0.15, 0.2) is 72.8 Å². The minimum absolute atomic E-state index is 0.00776. The van der Waals surface area contributed by atoms with Crippen molar-refractivity contribution in [1.29, 1.82) is 0 Å². The van der Waals surface area contributed by atoms with Gasteiger partial charge in [-0.1, -0.05) is 66.7 Å². The summed E-state index contributed by atoms with van der Waals surface area (Å²) in [6.45, 7) is 0. The molecule has 4 rings (SSSR count). The molecule has 5 heteroatoms. The molecule has 1 atom stereocenters. The zero-order valence-electron chi connectivity index (χ0n) is 16.1. The van der Waals surface area contributed by atoms with Crippen LogP contribution in [-0.2, 0) is 17.6 Å². The minimum Gasteiger partial charge on any atom is -0.494 e. The fourth-order valence-electron chi connectivity index (χ4n) is 3.69. The summed E-state index contributed by atoms with van der Waals surface area (Å²) in [4.78, 5) is 19.6. The zero-order valence-corrected chi connectivity index (χ0v) is 16.1. The summed E-state index contributed by atoms with van der Waals surface area (Å²) in [5.41, 5.74) is 4.40. The van der Waals surface area contributed by atoms with Crippen LogP contribution in [0.1, 0.15) is 28.4 Å². The predicted octanol–water partition coefficient (Wildman–Crippen LogP) is 4.57. The average molecular weight is 386 g/mol. The van der Waals surface area contributed by atoms with Crippen molar-refractivity contribution in [1.82, 2.24) is 9.97 Å². The molecule has 146 valence electrons. The first-order valence-corrected chi connectivity index (χ1v) is 9.52. The number of nitrogens with zero attached hydrogens (tertiary/aromatic N) is 1. The number of nitrogens with one attached hydrogen (secondary N) is 1. The van der Waals surface area contributed by atoms with Crippen molar-refractivity contribution in [3.63, 3.8) is 0 Å². The maximum atomic E-state index is 11.3. The maximum absolute atomic E-state index is 11.3. The molecule has 0 aliphatic rings. The van der Waals surface area contributed by atoms with Gasteiger partial charge in [0.1, 0.15) is 17.1 Å². The van der Waals surface area contributed by atoms with E-state index in [-0.39, 0.29) is 12.3 Å². The number of aliphatic carboxylic acids is 1. The van der Waals surface area contributed by atoms with Crippen LogP contribution in [0.2, 0.25) is 0 Å². The Hall–Kier alpha value is -3.60. The van der Waals surface area contributed by atoms with Crippen LogP contribution in [0.5, 0.6) is 5.75 Å². The van der Waals surface area contributed by atoms with Gasteiger partial charge in [-0.3, -0.25) is 4.79 Å². The van der Waals surface area contributed by atoms with Crippen molar-refractivity contribution < 1.29 is 14.6 Å². The topological polar surface area (TPSA) is 75.2 Å². The maximum Gasteiger partial charge on any atom is 0.307 e. The summed E-state index contributed by atoms with van der Waals surface area (Å²) >= 11 is 0. The Balaban J connectivity index is 1.84. The van der Waals surface area contributed by atoms with Crippen LogP contribution in [0.3, 0.4) is 0 Å². The minimum atomic E-state index is -0.884. The van der Waals surface area contributed by atoms with E-state index in [2.05, 4.69) is 29.2 Å². The lowest BCUT2D eigenvalue weighted by atomic mass is 9.91.